The quantitative estimate of drug-likeness (QED) is 0.768. The van der Waals surface area contributed by atoms with Gasteiger partial charge >= 0.3 is 0 Å². The van der Waals surface area contributed by atoms with Gasteiger partial charge in [-0.05, 0) is 49.8 Å². The lowest BCUT2D eigenvalue weighted by molar-refractivity contribution is -0.213. The zero-order valence-electron chi connectivity index (χ0n) is 16.1. The van der Waals surface area contributed by atoms with Crippen molar-refractivity contribution < 1.29 is 33.1 Å². The fourth-order valence-corrected chi connectivity index (χ4v) is 4.20. The van der Waals surface area contributed by atoms with Crippen LogP contribution in [-0.2, 0) is 25.7 Å². The van der Waals surface area contributed by atoms with Crippen LogP contribution in [0.4, 0.5) is 8.78 Å². The molecule has 1 aromatic rings. The molecule has 3 heterocycles. The van der Waals surface area contributed by atoms with Crippen molar-refractivity contribution in [2.24, 2.45) is 0 Å². The van der Waals surface area contributed by atoms with E-state index in [0.29, 0.717) is 26.1 Å². The minimum atomic E-state index is -0.824. The van der Waals surface area contributed by atoms with Gasteiger partial charge in [0.25, 0.3) is 12.4 Å². The second-order valence-corrected chi connectivity index (χ2v) is 7.40. The van der Waals surface area contributed by atoms with Gasteiger partial charge in [-0.1, -0.05) is 6.07 Å². The molecule has 1 N–H and O–H groups in total. The molecule has 0 bridgehead atoms. The summed E-state index contributed by atoms with van der Waals surface area (Å²) in [5, 5.41) is 8.35. The first-order valence-electron chi connectivity index (χ1n) is 9.89. The van der Waals surface area contributed by atoms with Crippen LogP contribution in [0.2, 0.25) is 0 Å². The molecule has 3 fully saturated rings. The summed E-state index contributed by atoms with van der Waals surface area (Å²) in [6, 6.07) is 4.26. The lowest BCUT2D eigenvalue weighted by Crippen LogP contribution is -2.49. The number of hydrogen-bond acceptors (Lipinski definition) is 5. The van der Waals surface area contributed by atoms with E-state index < -0.39 is 17.7 Å². The molecule has 3 saturated heterocycles. The number of amides is 1. The fraction of sp³-hybridized carbons (Fsp3) is 0.600. The highest BCUT2D eigenvalue weighted by molar-refractivity contribution is 5.80. The average molecular weight is 412 g/mol. The minimum Gasteiger partial charge on any atom is -0.483 e. The molecule has 9 heteroatoms. The number of carbonyl (C=O) groups excluding carboxylic acids is 1. The Hall–Kier alpha value is -2.10. The molecule has 4 rings (SSSR count). The van der Waals surface area contributed by atoms with Gasteiger partial charge in [-0.3, -0.25) is 19.3 Å². The Kier molecular flexibility index (Phi) is 7.51. The van der Waals surface area contributed by atoms with E-state index in [0.717, 1.165) is 37.8 Å². The summed E-state index contributed by atoms with van der Waals surface area (Å²) in [6.45, 7) is 2.37. The predicted octanol–water partition coefficient (Wildman–Crippen LogP) is 2.34. The summed E-state index contributed by atoms with van der Waals surface area (Å²) < 4.78 is 32.6. The highest BCUT2D eigenvalue weighted by Gasteiger charge is 2.42. The van der Waals surface area contributed by atoms with Crippen molar-refractivity contribution in [3.8, 4) is 0 Å². The third kappa shape index (κ3) is 5.29. The van der Waals surface area contributed by atoms with Crippen LogP contribution in [0.3, 0.4) is 0 Å². The molecule has 3 atom stereocenters. The number of carbonyl (C=O) groups is 2. The summed E-state index contributed by atoms with van der Waals surface area (Å²) in [6.07, 6.45) is 3.89. The van der Waals surface area contributed by atoms with Crippen LogP contribution in [-0.4, -0.2) is 65.4 Å². The van der Waals surface area contributed by atoms with Gasteiger partial charge in [0.2, 0.25) is 0 Å². The van der Waals surface area contributed by atoms with Crippen molar-refractivity contribution in [2.75, 3.05) is 19.7 Å². The number of hydrogen-bond donors (Lipinski definition) is 1. The molecule has 0 radical (unpaired) electrons. The van der Waals surface area contributed by atoms with Crippen LogP contribution in [0, 0.1) is 11.6 Å². The van der Waals surface area contributed by atoms with E-state index in [1.807, 2.05) is 0 Å². The highest BCUT2D eigenvalue weighted by Crippen LogP contribution is 2.33. The number of benzene rings is 1. The second-order valence-electron chi connectivity index (χ2n) is 7.40. The molecule has 7 nitrogen and oxygen atoms in total. The second kappa shape index (κ2) is 10.1. The zero-order valence-corrected chi connectivity index (χ0v) is 16.1. The van der Waals surface area contributed by atoms with E-state index in [9.17, 15) is 13.6 Å². The van der Waals surface area contributed by atoms with Crippen LogP contribution in [0.5, 0.6) is 0 Å². The lowest BCUT2D eigenvalue weighted by Gasteiger charge is -2.37. The Balaban J connectivity index is 0.000000755. The average Bonchev–Trinajstić information content (AvgIpc) is 3.13. The van der Waals surface area contributed by atoms with Gasteiger partial charge < -0.3 is 9.84 Å². The number of halogens is 2. The van der Waals surface area contributed by atoms with Gasteiger partial charge in [-0.15, -0.1) is 0 Å². The summed E-state index contributed by atoms with van der Waals surface area (Å²) >= 11 is 0. The minimum absolute atomic E-state index is 0.00721. The van der Waals surface area contributed by atoms with E-state index in [1.54, 1.807) is 6.07 Å². The first-order valence-corrected chi connectivity index (χ1v) is 9.89. The normalized spacial score (nSPS) is 27.0. The molecule has 0 saturated carbocycles. The Morgan fingerprint density at radius 1 is 1.17 bits per heavy atom. The van der Waals surface area contributed by atoms with Gasteiger partial charge in [0.1, 0.15) is 6.10 Å². The van der Waals surface area contributed by atoms with Crippen LogP contribution in [0.1, 0.15) is 37.7 Å². The standard InChI is InChI=1S/C19H24F2N2O3.CH2O2/c20-14-4-3-13(11-15(14)21)12-22-9-7-17-16(22)5-6-18(26-17)19(24)23-8-1-2-10-25-23;2-1-3/h3-4,11,16-18H,1-2,5-10,12H2;1H,(H,2,3)/t16-,17-,18-;/m1./s1. The van der Waals surface area contributed by atoms with Crippen molar-refractivity contribution in [3.05, 3.63) is 35.4 Å². The number of rotatable bonds is 3. The van der Waals surface area contributed by atoms with Crippen molar-refractivity contribution in [1.29, 1.82) is 0 Å². The fourth-order valence-electron chi connectivity index (χ4n) is 4.20. The molecule has 0 aliphatic carbocycles. The number of likely N-dealkylation sites (tertiary alicyclic amines) is 1. The molecular formula is C20H26F2N2O5. The van der Waals surface area contributed by atoms with Crippen LogP contribution in [0.25, 0.3) is 0 Å². The van der Waals surface area contributed by atoms with Gasteiger partial charge in [0, 0.05) is 25.7 Å². The molecule has 3 aliphatic rings. The number of carboxylic acid groups (broad SMARTS) is 1. The topological polar surface area (TPSA) is 79.3 Å². The van der Waals surface area contributed by atoms with Crippen LogP contribution >= 0.6 is 0 Å². The van der Waals surface area contributed by atoms with Crippen LogP contribution in [0.15, 0.2) is 18.2 Å². The van der Waals surface area contributed by atoms with Gasteiger partial charge in [0.15, 0.2) is 11.6 Å². The lowest BCUT2D eigenvalue weighted by atomic mass is 9.98. The first-order chi connectivity index (χ1) is 14.0. The zero-order chi connectivity index (χ0) is 20.8. The molecule has 3 aliphatic heterocycles. The van der Waals surface area contributed by atoms with E-state index in [4.69, 9.17) is 19.5 Å². The summed E-state index contributed by atoms with van der Waals surface area (Å²) in [7, 11) is 0. The Bertz CT molecular complexity index is 714. The largest absolute Gasteiger partial charge is 0.483 e. The summed E-state index contributed by atoms with van der Waals surface area (Å²) in [5.74, 6) is -1.71. The number of nitrogens with zero attached hydrogens (tertiary/aromatic N) is 2. The third-order valence-corrected chi connectivity index (χ3v) is 5.56. The number of ether oxygens (including phenoxy) is 1. The maximum atomic E-state index is 13.4. The Morgan fingerprint density at radius 3 is 2.66 bits per heavy atom. The van der Waals surface area contributed by atoms with Crippen molar-refractivity contribution in [3.63, 3.8) is 0 Å². The summed E-state index contributed by atoms with van der Waals surface area (Å²) in [5.41, 5.74) is 0.754. The molecule has 0 aromatic heterocycles. The van der Waals surface area contributed by atoms with E-state index >= 15 is 0 Å². The first kappa shape index (κ1) is 21.6. The SMILES string of the molecule is O=C([C@H]1CC[C@@H]2[C@@H](CCN2Cc2ccc(F)c(F)c2)O1)N1CCCCO1.O=CO. The van der Waals surface area contributed by atoms with Crippen molar-refractivity contribution in [2.45, 2.75) is 56.9 Å². The van der Waals surface area contributed by atoms with Gasteiger partial charge in [0.05, 0.1) is 12.7 Å². The smallest absolute Gasteiger partial charge is 0.290 e. The molecule has 29 heavy (non-hydrogen) atoms. The maximum Gasteiger partial charge on any atom is 0.290 e. The summed E-state index contributed by atoms with van der Waals surface area (Å²) in [4.78, 5) is 28.6. The van der Waals surface area contributed by atoms with E-state index in [-0.39, 0.29) is 24.5 Å². The monoisotopic (exact) mass is 412 g/mol. The third-order valence-electron chi connectivity index (χ3n) is 5.56. The highest BCUT2D eigenvalue weighted by atomic mass is 19.2. The van der Waals surface area contributed by atoms with Crippen molar-refractivity contribution in [1.82, 2.24) is 9.96 Å². The van der Waals surface area contributed by atoms with Gasteiger partial charge in [-0.25, -0.2) is 13.8 Å². The molecule has 160 valence electrons. The molecule has 0 unspecified atom stereocenters. The van der Waals surface area contributed by atoms with Gasteiger partial charge in [-0.2, -0.15) is 0 Å². The Labute approximate surface area is 168 Å². The predicted molar refractivity (Wildman–Crippen MR) is 98.7 cm³/mol. The number of fused-ring (bicyclic) bond motifs is 1. The molecule has 1 amide bonds. The number of hydroxylamine groups is 2. The molecule has 1 aromatic carbocycles. The molecule has 0 spiro atoms. The Morgan fingerprint density at radius 2 is 1.97 bits per heavy atom. The van der Waals surface area contributed by atoms with Crippen LogP contribution < -0.4 is 0 Å². The van der Waals surface area contributed by atoms with Crippen molar-refractivity contribution >= 4 is 12.4 Å². The van der Waals surface area contributed by atoms with E-state index in [2.05, 4.69) is 4.90 Å². The van der Waals surface area contributed by atoms with E-state index in [1.165, 1.54) is 17.2 Å². The maximum absolute atomic E-state index is 13.4. The molecular weight excluding hydrogens is 386 g/mol.